The summed E-state index contributed by atoms with van der Waals surface area (Å²) in [6.45, 7) is 2.04. The molecule has 0 bridgehead atoms. The van der Waals surface area contributed by atoms with Crippen LogP contribution in [0.4, 0.5) is 5.69 Å². The summed E-state index contributed by atoms with van der Waals surface area (Å²) in [4.78, 5) is 22.5. The Kier molecular flexibility index (Phi) is 6.60. The van der Waals surface area contributed by atoms with Crippen molar-refractivity contribution >= 4 is 17.5 Å². The Bertz CT molecular complexity index is 432. The molecule has 0 spiro atoms. The van der Waals surface area contributed by atoms with Gasteiger partial charge < -0.3 is 5.32 Å². The van der Waals surface area contributed by atoms with Crippen LogP contribution in [-0.4, -0.2) is 17.0 Å². The van der Waals surface area contributed by atoms with Gasteiger partial charge in [0.25, 0.3) is 0 Å². The Labute approximate surface area is 113 Å². The van der Waals surface area contributed by atoms with Crippen molar-refractivity contribution in [2.45, 2.75) is 39.0 Å². The molecule has 2 amide bonds. The molecule has 0 saturated heterocycles. The summed E-state index contributed by atoms with van der Waals surface area (Å²) >= 11 is 0. The molecule has 19 heavy (non-hydrogen) atoms. The Morgan fingerprint density at radius 1 is 1.11 bits per heavy atom. The fraction of sp³-hybridized carbons (Fsp3) is 0.429. The lowest BCUT2D eigenvalue weighted by Crippen LogP contribution is -2.18. The number of carbonyl (C=O) groups is 2. The molecule has 0 aromatic heterocycles. The molecule has 3 N–H and O–H groups in total. The van der Waals surface area contributed by atoms with Crippen molar-refractivity contribution in [1.29, 1.82) is 0 Å². The molecular formula is C14H20N2O3. The maximum atomic E-state index is 11.7. The zero-order valence-electron chi connectivity index (χ0n) is 11.1. The summed E-state index contributed by atoms with van der Waals surface area (Å²) in [6, 6.07) is 7.71. The number of rotatable bonds is 7. The minimum Gasteiger partial charge on any atom is -0.326 e. The van der Waals surface area contributed by atoms with E-state index < -0.39 is 5.91 Å². The zero-order chi connectivity index (χ0) is 14.1. The number of benzene rings is 1. The van der Waals surface area contributed by atoms with Crippen molar-refractivity contribution in [3.63, 3.8) is 0 Å². The number of para-hydroxylation sites is 1. The van der Waals surface area contributed by atoms with E-state index in [1.807, 2.05) is 31.2 Å². The third-order valence-corrected chi connectivity index (χ3v) is 2.85. The van der Waals surface area contributed by atoms with E-state index in [0.29, 0.717) is 19.3 Å². The van der Waals surface area contributed by atoms with Crippen molar-refractivity contribution < 1.29 is 14.8 Å². The Morgan fingerprint density at radius 2 is 1.74 bits per heavy atom. The molecule has 0 unspecified atom stereocenters. The second kappa shape index (κ2) is 8.26. The van der Waals surface area contributed by atoms with Gasteiger partial charge in [-0.05, 0) is 30.9 Å². The number of amides is 2. The molecule has 0 saturated carbocycles. The van der Waals surface area contributed by atoms with Crippen LogP contribution in [-0.2, 0) is 16.0 Å². The molecule has 1 rings (SSSR count). The fourth-order valence-corrected chi connectivity index (χ4v) is 1.79. The van der Waals surface area contributed by atoms with Gasteiger partial charge in [-0.15, -0.1) is 0 Å². The number of unbranched alkanes of at least 4 members (excludes halogenated alkanes) is 1. The van der Waals surface area contributed by atoms with E-state index in [4.69, 9.17) is 5.21 Å². The minimum absolute atomic E-state index is 0.0506. The van der Waals surface area contributed by atoms with Crippen molar-refractivity contribution in [2.24, 2.45) is 0 Å². The Balaban J connectivity index is 2.33. The van der Waals surface area contributed by atoms with Crippen LogP contribution in [0.3, 0.4) is 0 Å². The lowest BCUT2D eigenvalue weighted by Gasteiger charge is -2.09. The van der Waals surface area contributed by atoms with E-state index in [9.17, 15) is 9.59 Å². The normalized spacial score (nSPS) is 10.0. The van der Waals surface area contributed by atoms with E-state index in [-0.39, 0.29) is 12.3 Å². The molecule has 0 aliphatic carbocycles. The summed E-state index contributed by atoms with van der Waals surface area (Å²) in [5, 5.41) is 11.2. The number of carbonyl (C=O) groups excluding carboxylic acids is 2. The quantitative estimate of drug-likeness (QED) is 0.401. The van der Waals surface area contributed by atoms with Crippen LogP contribution in [0.1, 0.15) is 38.2 Å². The zero-order valence-corrected chi connectivity index (χ0v) is 11.1. The highest BCUT2D eigenvalue weighted by Crippen LogP contribution is 2.16. The summed E-state index contributed by atoms with van der Waals surface area (Å²) in [7, 11) is 0. The third-order valence-electron chi connectivity index (χ3n) is 2.85. The van der Waals surface area contributed by atoms with Gasteiger partial charge in [-0.25, -0.2) is 5.48 Å². The summed E-state index contributed by atoms with van der Waals surface area (Å²) in [5.74, 6) is -0.470. The summed E-state index contributed by atoms with van der Waals surface area (Å²) in [5.41, 5.74) is 3.53. The molecule has 0 atom stereocenters. The summed E-state index contributed by atoms with van der Waals surface area (Å²) < 4.78 is 0. The fourth-order valence-electron chi connectivity index (χ4n) is 1.79. The van der Waals surface area contributed by atoms with Crippen LogP contribution in [0.5, 0.6) is 0 Å². The van der Waals surface area contributed by atoms with Crippen LogP contribution in [0.15, 0.2) is 24.3 Å². The van der Waals surface area contributed by atoms with Crippen molar-refractivity contribution in [2.75, 3.05) is 5.32 Å². The van der Waals surface area contributed by atoms with E-state index in [1.165, 1.54) is 0 Å². The third kappa shape index (κ3) is 5.52. The molecule has 1 aromatic carbocycles. The van der Waals surface area contributed by atoms with Gasteiger partial charge in [-0.2, -0.15) is 0 Å². The van der Waals surface area contributed by atoms with Gasteiger partial charge in [0, 0.05) is 18.5 Å². The van der Waals surface area contributed by atoms with E-state index in [2.05, 4.69) is 5.32 Å². The number of nitrogens with one attached hydrogen (secondary N) is 2. The van der Waals surface area contributed by atoms with Crippen LogP contribution >= 0.6 is 0 Å². The van der Waals surface area contributed by atoms with Crippen LogP contribution in [0, 0.1) is 0 Å². The molecular weight excluding hydrogens is 244 g/mol. The molecule has 0 heterocycles. The highest BCUT2D eigenvalue weighted by atomic mass is 16.5. The van der Waals surface area contributed by atoms with E-state index in [1.54, 1.807) is 5.48 Å². The molecule has 1 aromatic rings. The number of hydrogen-bond donors (Lipinski definition) is 3. The number of aryl methyl sites for hydroxylation is 1. The topological polar surface area (TPSA) is 78.4 Å². The first-order valence-corrected chi connectivity index (χ1v) is 6.48. The highest BCUT2D eigenvalue weighted by Gasteiger charge is 2.06. The van der Waals surface area contributed by atoms with Crippen molar-refractivity contribution in [1.82, 2.24) is 5.48 Å². The van der Waals surface area contributed by atoms with Gasteiger partial charge in [0.1, 0.15) is 0 Å². The molecule has 0 aliphatic rings. The van der Waals surface area contributed by atoms with Gasteiger partial charge >= 0.3 is 0 Å². The van der Waals surface area contributed by atoms with Crippen LogP contribution < -0.4 is 10.8 Å². The molecule has 0 radical (unpaired) electrons. The minimum atomic E-state index is -0.420. The maximum Gasteiger partial charge on any atom is 0.243 e. The first-order valence-electron chi connectivity index (χ1n) is 6.48. The molecule has 0 aliphatic heterocycles. The molecule has 104 valence electrons. The molecule has 0 fully saturated rings. The predicted octanol–water partition coefficient (Wildman–Crippen LogP) is 2.25. The lowest BCUT2D eigenvalue weighted by molar-refractivity contribution is -0.129. The Hall–Kier alpha value is -1.88. The summed E-state index contributed by atoms with van der Waals surface area (Å²) in [6.07, 6.45) is 2.67. The van der Waals surface area contributed by atoms with Crippen LogP contribution in [0.25, 0.3) is 0 Å². The van der Waals surface area contributed by atoms with Gasteiger partial charge in [0.2, 0.25) is 11.8 Å². The lowest BCUT2D eigenvalue weighted by atomic mass is 10.1. The van der Waals surface area contributed by atoms with Gasteiger partial charge in [0.05, 0.1) is 0 Å². The van der Waals surface area contributed by atoms with Crippen molar-refractivity contribution in [3.8, 4) is 0 Å². The SMILES string of the molecule is CCc1ccccc1NC(=O)CCCCC(=O)NO. The average Bonchev–Trinajstić information content (AvgIpc) is 2.43. The molecule has 5 nitrogen and oxygen atoms in total. The second-order valence-corrected chi connectivity index (χ2v) is 4.30. The smallest absolute Gasteiger partial charge is 0.243 e. The predicted molar refractivity (Wildman–Crippen MR) is 72.8 cm³/mol. The van der Waals surface area contributed by atoms with Crippen molar-refractivity contribution in [3.05, 3.63) is 29.8 Å². The largest absolute Gasteiger partial charge is 0.326 e. The average molecular weight is 264 g/mol. The first-order chi connectivity index (χ1) is 9.17. The monoisotopic (exact) mass is 264 g/mol. The van der Waals surface area contributed by atoms with Crippen LogP contribution in [0.2, 0.25) is 0 Å². The van der Waals surface area contributed by atoms with Gasteiger partial charge in [0.15, 0.2) is 0 Å². The maximum absolute atomic E-state index is 11.7. The first kappa shape index (κ1) is 15.2. The number of hydrogen-bond acceptors (Lipinski definition) is 3. The van der Waals surface area contributed by atoms with E-state index in [0.717, 1.165) is 17.7 Å². The van der Waals surface area contributed by atoms with Gasteiger partial charge in [-0.3, -0.25) is 14.8 Å². The van der Waals surface area contributed by atoms with Gasteiger partial charge in [-0.1, -0.05) is 25.1 Å². The molecule has 5 heteroatoms. The highest BCUT2D eigenvalue weighted by molar-refractivity contribution is 5.91. The standard InChI is InChI=1S/C14H20N2O3/c1-2-11-7-3-4-8-12(11)15-13(17)9-5-6-10-14(18)16-19/h3-4,7-8,19H,2,5-6,9-10H2,1H3,(H,15,17)(H,16,18). The number of hydroxylamine groups is 1. The second-order valence-electron chi connectivity index (χ2n) is 4.30. The number of anilines is 1. The Morgan fingerprint density at radius 3 is 2.37 bits per heavy atom. The van der Waals surface area contributed by atoms with E-state index >= 15 is 0 Å².